The first kappa shape index (κ1) is 19.2. The van der Waals surface area contributed by atoms with Gasteiger partial charge in [0.05, 0.1) is 6.07 Å². The number of rotatable bonds is 5. The number of hydrogen-bond donors (Lipinski definition) is 0. The van der Waals surface area contributed by atoms with E-state index in [1.54, 1.807) is 29.2 Å². The zero-order chi connectivity index (χ0) is 19.3. The van der Waals surface area contributed by atoms with Crippen LogP contribution in [0.2, 0.25) is 0 Å². The predicted molar refractivity (Wildman–Crippen MR) is 84.5 cm³/mol. The summed E-state index contributed by atoms with van der Waals surface area (Å²) in [5.41, 5.74) is 1.14. The van der Waals surface area contributed by atoms with Gasteiger partial charge in [-0.05, 0) is 12.5 Å². The molecule has 0 fully saturated rings. The normalized spacial score (nSPS) is 11.1. The zero-order valence-corrected chi connectivity index (χ0v) is 14.1. The van der Waals surface area contributed by atoms with E-state index < -0.39 is 12.1 Å². The highest BCUT2D eigenvalue weighted by atomic mass is 19.4. The molecule has 2 aromatic rings. The highest BCUT2D eigenvalue weighted by Gasteiger charge is 2.38. The van der Waals surface area contributed by atoms with Crippen LogP contribution in [-0.4, -0.2) is 46.1 Å². The van der Waals surface area contributed by atoms with Crippen LogP contribution < -0.4 is 0 Å². The minimum Gasteiger partial charge on any atom is -0.329 e. The van der Waals surface area contributed by atoms with E-state index in [9.17, 15) is 18.0 Å². The molecule has 2 amide bonds. The number of hydrogen-bond acceptors (Lipinski definition) is 5. The van der Waals surface area contributed by atoms with Crippen molar-refractivity contribution in [1.29, 1.82) is 5.26 Å². The number of nitrogens with zero attached hydrogens (tertiary/aromatic N) is 5. The number of carbonyl (C=O) groups is 1. The minimum atomic E-state index is -4.69. The summed E-state index contributed by atoms with van der Waals surface area (Å²) in [6, 6.07) is 8.06. The maximum atomic E-state index is 12.5. The quantitative estimate of drug-likeness (QED) is 0.758. The van der Waals surface area contributed by atoms with Crippen LogP contribution in [0.15, 0.2) is 28.8 Å². The third-order valence-electron chi connectivity index (χ3n) is 3.54. The van der Waals surface area contributed by atoms with E-state index in [1.165, 1.54) is 11.9 Å². The van der Waals surface area contributed by atoms with Gasteiger partial charge in [0.25, 0.3) is 0 Å². The van der Waals surface area contributed by atoms with E-state index >= 15 is 0 Å². The molecule has 10 heteroatoms. The van der Waals surface area contributed by atoms with Crippen LogP contribution in [-0.2, 0) is 12.7 Å². The van der Waals surface area contributed by atoms with Gasteiger partial charge in [0, 0.05) is 25.7 Å². The molecule has 2 rings (SSSR count). The summed E-state index contributed by atoms with van der Waals surface area (Å²) in [7, 11) is 1.53. The number of amides is 2. The lowest BCUT2D eigenvalue weighted by Crippen LogP contribution is -2.40. The molecule has 0 spiro atoms. The van der Waals surface area contributed by atoms with Crippen LogP contribution in [0.1, 0.15) is 18.4 Å². The fraction of sp³-hybridized carbons (Fsp3) is 0.375. The Morgan fingerprint density at radius 3 is 2.46 bits per heavy atom. The van der Waals surface area contributed by atoms with Gasteiger partial charge >= 0.3 is 18.1 Å². The maximum Gasteiger partial charge on any atom is 0.471 e. The molecule has 26 heavy (non-hydrogen) atoms. The Morgan fingerprint density at radius 1 is 1.31 bits per heavy atom. The molecule has 0 bridgehead atoms. The third-order valence-corrected chi connectivity index (χ3v) is 3.54. The molecule has 0 N–H and O–H groups in total. The van der Waals surface area contributed by atoms with Crippen molar-refractivity contribution >= 4 is 6.03 Å². The lowest BCUT2D eigenvalue weighted by atomic mass is 10.1. The number of urea groups is 1. The molecule has 7 nitrogen and oxygen atoms in total. The van der Waals surface area contributed by atoms with E-state index in [-0.39, 0.29) is 18.4 Å². The van der Waals surface area contributed by atoms with Gasteiger partial charge in [-0.15, -0.1) is 0 Å². The molecule has 1 aromatic heterocycles. The lowest BCUT2D eigenvalue weighted by molar-refractivity contribution is -0.159. The van der Waals surface area contributed by atoms with Crippen LogP contribution in [0.4, 0.5) is 18.0 Å². The Hall–Kier alpha value is -3.09. The van der Waals surface area contributed by atoms with Gasteiger partial charge in [0.1, 0.15) is 6.54 Å². The van der Waals surface area contributed by atoms with Crippen LogP contribution in [0, 0.1) is 11.3 Å². The Balaban J connectivity index is 2.10. The van der Waals surface area contributed by atoms with Crippen molar-refractivity contribution in [2.45, 2.75) is 19.6 Å². The first-order valence-electron chi connectivity index (χ1n) is 7.63. The van der Waals surface area contributed by atoms with Crippen LogP contribution in [0.5, 0.6) is 0 Å². The van der Waals surface area contributed by atoms with E-state index in [4.69, 9.17) is 5.26 Å². The topological polar surface area (TPSA) is 86.3 Å². The maximum absolute atomic E-state index is 12.5. The number of nitriles is 1. The Bertz CT molecular complexity index is 795. The highest BCUT2D eigenvalue weighted by molar-refractivity contribution is 5.74. The van der Waals surface area contributed by atoms with E-state index in [2.05, 4.69) is 14.7 Å². The number of aromatic nitrogens is 2. The van der Waals surface area contributed by atoms with Crippen molar-refractivity contribution < 1.29 is 22.5 Å². The summed E-state index contributed by atoms with van der Waals surface area (Å²) in [6.07, 6.45) is -4.69. The number of benzene rings is 1. The summed E-state index contributed by atoms with van der Waals surface area (Å²) in [4.78, 5) is 18.4. The molecule has 0 saturated carbocycles. The van der Waals surface area contributed by atoms with Gasteiger partial charge in [0.2, 0.25) is 5.82 Å². The van der Waals surface area contributed by atoms with Crippen molar-refractivity contribution in [3.63, 3.8) is 0 Å². The molecular weight excluding hydrogens is 351 g/mol. The first-order chi connectivity index (χ1) is 12.3. The molecule has 0 unspecified atom stereocenters. The average molecular weight is 367 g/mol. The predicted octanol–water partition coefficient (Wildman–Crippen LogP) is 3.15. The summed E-state index contributed by atoms with van der Waals surface area (Å²) < 4.78 is 41.7. The molecule has 0 aliphatic rings. The SMILES string of the molecule is CCN(Cc1ccc(-c2noc(C(F)(F)F)n2)cc1)C(=O)N(C)CC#N. The minimum absolute atomic E-state index is 0.0202. The molecular formula is C16H16F3N5O2. The Morgan fingerprint density at radius 2 is 1.96 bits per heavy atom. The first-order valence-corrected chi connectivity index (χ1v) is 7.63. The van der Waals surface area contributed by atoms with Crippen molar-refractivity contribution in [3.8, 4) is 17.5 Å². The van der Waals surface area contributed by atoms with E-state index in [0.717, 1.165) is 5.56 Å². The van der Waals surface area contributed by atoms with Gasteiger partial charge in [-0.1, -0.05) is 29.4 Å². The smallest absolute Gasteiger partial charge is 0.329 e. The largest absolute Gasteiger partial charge is 0.471 e. The number of alkyl halides is 3. The second-order valence-corrected chi connectivity index (χ2v) is 5.43. The van der Waals surface area contributed by atoms with Gasteiger partial charge in [0.15, 0.2) is 0 Å². The summed E-state index contributed by atoms with van der Waals surface area (Å²) >= 11 is 0. The van der Waals surface area contributed by atoms with Crippen molar-refractivity contribution in [2.75, 3.05) is 20.1 Å². The highest BCUT2D eigenvalue weighted by Crippen LogP contribution is 2.29. The molecule has 138 valence electrons. The Labute approximate surface area is 147 Å². The summed E-state index contributed by atoms with van der Waals surface area (Å²) in [5, 5.41) is 12.0. The Kier molecular flexibility index (Phi) is 5.82. The fourth-order valence-electron chi connectivity index (χ4n) is 2.17. The standard InChI is InChI=1S/C16H16F3N5O2/c1-3-24(15(25)23(2)9-8-20)10-11-4-6-12(7-5-11)13-21-14(26-22-13)16(17,18)19/h4-7H,3,9-10H2,1-2H3. The number of carbonyl (C=O) groups excluding carboxylic acids is 1. The van der Waals surface area contributed by atoms with E-state index in [0.29, 0.717) is 18.7 Å². The molecule has 0 aliphatic carbocycles. The summed E-state index contributed by atoms with van der Waals surface area (Å²) in [5.74, 6) is -1.57. The number of halogens is 3. The lowest BCUT2D eigenvalue weighted by Gasteiger charge is -2.25. The molecule has 0 radical (unpaired) electrons. The van der Waals surface area contributed by atoms with Crippen molar-refractivity contribution in [2.24, 2.45) is 0 Å². The van der Waals surface area contributed by atoms with Gasteiger partial charge in [-0.2, -0.15) is 23.4 Å². The molecule has 1 aromatic carbocycles. The van der Waals surface area contributed by atoms with Crippen molar-refractivity contribution in [1.82, 2.24) is 19.9 Å². The van der Waals surface area contributed by atoms with Crippen LogP contribution >= 0.6 is 0 Å². The third kappa shape index (κ3) is 4.50. The van der Waals surface area contributed by atoms with Crippen LogP contribution in [0.3, 0.4) is 0 Å². The van der Waals surface area contributed by atoms with Gasteiger partial charge < -0.3 is 14.3 Å². The molecule has 1 heterocycles. The molecule has 0 saturated heterocycles. The van der Waals surface area contributed by atoms with Gasteiger partial charge in [-0.25, -0.2) is 4.79 Å². The average Bonchev–Trinajstić information content (AvgIpc) is 3.10. The molecule has 0 atom stereocenters. The second-order valence-electron chi connectivity index (χ2n) is 5.43. The van der Waals surface area contributed by atoms with Crippen molar-refractivity contribution in [3.05, 3.63) is 35.7 Å². The van der Waals surface area contributed by atoms with E-state index in [1.807, 2.05) is 13.0 Å². The summed E-state index contributed by atoms with van der Waals surface area (Å²) in [6.45, 7) is 2.53. The van der Waals surface area contributed by atoms with Gasteiger partial charge in [-0.3, -0.25) is 0 Å². The fourth-order valence-corrected chi connectivity index (χ4v) is 2.17. The monoisotopic (exact) mass is 367 g/mol. The second kappa shape index (κ2) is 7.86. The van der Waals surface area contributed by atoms with Crippen LogP contribution in [0.25, 0.3) is 11.4 Å². The zero-order valence-electron chi connectivity index (χ0n) is 14.1. The molecule has 0 aliphatic heterocycles.